The molecule has 1 fully saturated rings. The standard InChI is InChI=1S/C11H22O6/c1-11(12)10(16-5)9(15-4)8(14-3)7(17-11)6-13-2/h7-10,12H,6H2,1-5H3/t7-,8-,9+,10-,11?/m1/s1. The van der Waals surface area contributed by atoms with Gasteiger partial charge in [0.15, 0.2) is 5.79 Å². The van der Waals surface area contributed by atoms with E-state index in [0.29, 0.717) is 6.61 Å². The van der Waals surface area contributed by atoms with Crippen molar-refractivity contribution in [2.45, 2.75) is 37.1 Å². The Balaban J connectivity index is 2.93. The molecule has 0 aromatic carbocycles. The lowest BCUT2D eigenvalue weighted by molar-refractivity contribution is -0.351. The van der Waals surface area contributed by atoms with E-state index in [1.54, 1.807) is 28.3 Å². The van der Waals surface area contributed by atoms with Crippen molar-refractivity contribution in [3.8, 4) is 0 Å². The molecule has 0 aliphatic carbocycles. The van der Waals surface area contributed by atoms with Gasteiger partial charge in [0, 0.05) is 28.4 Å². The first-order chi connectivity index (χ1) is 8.01. The Morgan fingerprint density at radius 2 is 1.65 bits per heavy atom. The largest absolute Gasteiger partial charge is 0.382 e. The van der Waals surface area contributed by atoms with Gasteiger partial charge >= 0.3 is 0 Å². The maximum absolute atomic E-state index is 10.2. The summed E-state index contributed by atoms with van der Waals surface area (Å²) >= 11 is 0. The molecular formula is C11H22O6. The molecule has 0 aromatic heterocycles. The highest BCUT2D eigenvalue weighted by Gasteiger charge is 2.52. The van der Waals surface area contributed by atoms with Gasteiger partial charge in [-0.1, -0.05) is 0 Å². The molecule has 0 aromatic rings. The number of aliphatic hydroxyl groups is 1. The fourth-order valence-electron chi connectivity index (χ4n) is 2.32. The van der Waals surface area contributed by atoms with Crippen molar-refractivity contribution >= 4 is 0 Å². The minimum Gasteiger partial charge on any atom is -0.382 e. The highest BCUT2D eigenvalue weighted by atomic mass is 16.7. The summed E-state index contributed by atoms with van der Waals surface area (Å²) in [6, 6.07) is 0. The minimum atomic E-state index is -1.44. The molecule has 1 aliphatic rings. The summed E-state index contributed by atoms with van der Waals surface area (Å²) in [7, 11) is 6.18. The van der Waals surface area contributed by atoms with Crippen LogP contribution in [0, 0.1) is 0 Å². The molecule has 1 unspecified atom stereocenters. The van der Waals surface area contributed by atoms with Crippen LogP contribution in [-0.4, -0.2) is 70.4 Å². The third kappa shape index (κ3) is 2.96. The number of methoxy groups -OCH3 is 4. The van der Waals surface area contributed by atoms with Gasteiger partial charge in [0.1, 0.15) is 24.4 Å². The maximum atomic E-state index is 10.2. The molecule has 6 heteroatoms. The molecule has 5 atom stereocenters. The topological polar surface area (TPSA) is 66.4 Å². The predicted octanol–water partition coefficient (Wildman–Crippen LogP) is -0.215. The van der Waals surface area contributed by atoms with E-state index in [1.165, 1.54) is 7.11 Å². The second kappa shape index (κ2) is 6.08. The van der Waals surface area contributed by atoms with Crippen molar-refractivity contribution in [1.29, 1.82) is 0 Å². The van der Waals surface area contributed by atoms with Gasteiger partial charge in [0.2, 0.25) is 0 Å². The van der Waals surface area contributed by atoms with Gasteiger partial charge in [0.25, 0.3) is 0 Å². The van der Waals surface area contributed by atoms with Crippen molar-refractivity contribution in [2.24, 2.45) is 0 Å². The summed E-state index contributed by atoms with van der Waals surface area (Å²) in [5.41, 5.74) is 0. The second-order valence-electron chi connectivity index (χ2n) is 4.22. The first-order valence-corrected chi connectivity index (χ1v) is 5.49. The molecule has 0 bridgehead atoms. The van der Waals surface area contributed by atoms with E-state index < -0.39 is 24.1 Å². The lowest BCUT2D eigenvalue weighted by Gasteiger charge is -2.47. The van der Waals surface area contributed by atoms with Crippen LogP contribution < -0.4 is 0 Å². The molecule has 1 N–H and O–H groups in total. The molecule has 1 heterocycles. The summed E-state index contributed by atoms with van der Waals surface area (Å²) < 4.78 is 26.6. The molecule has 17 heavy (non-hydrogen) atoms. The van der Waals surface area contributed by atoms with Gasteiger partial charge in [-0.05, 0) is 6.92 Å². The molecule has 102 valence electrons. The summed E-state index contributed by atoms with van der Waals surface area (Å²) in [4.78, 5) is 0. The Morgan fingerprint density at radius 3 is 2.06 bits per heavy atom. The number of hydrogen-bond donors (Lipinski definition) is 1. The Hall–Kier alpha value is -0.240. The first-order valence-electron chi connectivity index (χ1n) is 5.49. The molecule has 0 saturated carbocycles. The average Bonchev–Trinajstić information content (AvgIpc) is 2.27. The second-order valence-corrected chi connectivity index (χ2v) is 4.22. The van der Waals surface area contributed by atoms with E-state index >= 15 is 0 Å². The van der Waals surface area contributed by atoms with E-state index in [0.717, 1.165) is 0 Å². The Labute approximate surface area is 102 Å². The molecule has 0 spiro atoms. The average molecular weight is 250 g/mol. The summed E-state index contributed by atoms with van der Waals surface area (Å²) in [5, 5.41) is 10.2. The molecule has 1 aliphatic heterocycles. The van der Waals surface area contributed by atoms with Gasteiger partial charge in [-0.2, -0.15) is 0 Å². The smallest absolute Gasteiger partial charge is 0.192 e. The minimum absolute atomic E-state index is 0.310. The first kappa shape index (κ1) is 14.8. The Bertz CT molecular complexity index is 232. The van der Waals surface area contributed by atoms with E-state index in [1.807, 2.05) is 0 Å². The highest BCUT2D eigenvalue weighted by Crippen LogP contribution is 2.32. The van der Waals surface area contributed by atoms with Gasteiger partial charge in [-0.3, -0.25) is 0 Å². The number of ether oxygens (including phenoxy) is 5. The van der Waals surface area contributed by atoms with Gasteiger partial charge in [0.05, 0.1) is 6.61 Å². The van der Waals surface area contributed by atoms with Crippen molar-refractivity contribution in [3.63, 3.8) is 0 Å². The fourth-order valence-corrected chi connectivity index (χ4v) is 2.32. The highest BCUT2D eigenvalue weighted by molar-refractivity contribution is 4.96. The molecule has 1 saturated heterocycles. The monoisotopic (exact) mass is 250 g/mol. The lowest BCUT2D eigenvalue weighted by Crippen LogP contribution is -2.65. The van der Waals surface area contributed by atoms with E-state index in [4.69, 9.17) is 23.7 Å². The molecule has 0 radical (unpaired) electrons. The maximum Gasteiger partial charge on any atom is 0.192 e. The molecular weight excluding hydrogens is 228 g/mol. The summed E-state index contributed by atoms with van der Waals surface area (Å²) in [6.07, 6.45) is -1.80. The number of rotatable bonds is 5. The van der Waals surface area contributed by atoms with Crippen LogP contribution in [0.4, 0.5) is 0 Å². The van der Waals surface area contributed by atoms with Crippen LogP contribution in [0.15, 0.2) is 0 Å². The third-order valence-electron chi connectivity index (χ3n) is 3.04. The zero-order chi connectivity index (χ0) is 13.1. The van der Waals surface area contributed by atoms with E-state index in [9.17, 15) is 5.11 Å². The third-order valence-corrected chi connectivity index (χ3v) is 3.04. The number of hydrogen-bond acceptors (Lipinski definition) is 6. The summed E-state index contributed by atoms with van der Waals surface area (Å²) in [5.74, 6) is -1.44. The van der Waals surface area contributed by atoms with E-state index in [2.05, 4.69) is 0 Å². The van der Waals surface area contributed by atoms with Crippen LogP contribution >= 0.6 is 0 Å². The van der Waals surface area contributed by atoms with E-state index in [-0.39, 0.29) is 6.10 Å². The van der Waals surface area contributed by atoms with Crippen LogP contribution in [-0.2, 0) is 23.7 Å². The zero-order valence-electron chi connectivity index (χ0n) is 11.0. The fraction of sp³-hybridized carbons (Fsp3) is 1.00. The van der Waals surface area contributed by atoms with Crippen molar-refractivity contribution in [3.05, 3.63) is 0 Å². The normalized spacial score (nSPS) is 42.7. The van der Waals surface area contributed by atoms with Crippen LogP contribution in [0.3, 0.4) is 0 Å². The zero-order valence-corrected chi connectivity index (χ0v) is 11.0. The van der Waals surface area contributed by atoms with Gasteiger partial charge in [-0.15, -0.1) is 0 Å². The van der Waals surface area contributed by atoms with Crippen molar-refractivity contribution in [1.82, 2.24) is 0 Å². The SMILES string of the molecule is COC[C@H]1OC(C)(O)[C@H](OC)[C@@H](OC)[C@@H]1OC. The van der Waals surface area contributed by atoms with Gasteiger partial charge < -0.3 is 28.8 Å². The Kier molecular flexibility index (Phi) is 5.30. The predicted molar refractivity (Wildman–Crippen MR) is 59.8 cm³/mol. The van der Waals surface area contributed by atoms with Crippen molar-refractivity contribution < 1.29 is 28.8 Å². The van der Waals surface area contributed by atoms with Crippen LogP contribution in [0.25, 0.3) is 0 Å². The molecule has 1 rings (SSSR count). The van der Waals surface area contributed by atoms with Crippen LogP contribution in [0.2, 0.25) is 0 Å². The Morgan fingerprint density at radius 1 is 1.06 bits per heavy atom. The van der Waals surface area contributed by atoms with Gasteiger partial charge in [-0.25, -0.2) is 0 Å². The lowest BCUT2D eigenvalue weighted by atomic mass is 9.93. The quantitative estimate of drug-likeness (QED) is 0.728. The van der Waals surface area contributed by atoms with Crippen LogP contribution in [0.5, 0.6) is 0 Å². The van der Waals surface area contributed by atoms with Crippen LogP contribution in [0.1, 0.15) is 6.92 Å². The summed E-state index contributed by atoms with van der Waals surface area (Å²) in [6.45, 7) is 1.85. The molecule has 6 nitrogen and oxygen atoms in total. The van der Waals surface area contributed by atoms with Crippen molar-refractivity contribution in [2.75, 3.05) is 35.0 Å². The molecule has 0 amide bonds.